The smallest absolute Gasteiger partial charge is 0.0827 e. The van der Waals surface area contributed by atoms with Crippen LogP contribution in [0.2, 0.25) is 0 Å². The average Bonchev–Trinajstić information content (AvgIpc) is 2.38. The lowest BCUT2D eigenvalue weighted by molar-refractivity contribution is 0.0502. The van der Waals surface area contributed by atoms with Gasteiger partial charge in [0.25, 0.3) is 0 Å². The molecule has 0 aromatic heterocycles. The Morgan fingerprint density at radius 2 is 1.79 bits per heavy atom. The van der Waals surface area contributed by atoms with E-state index in [9.17, 15) is 5.11 Å². The molecule has 2 unspecified atom stereocenters. The molecule has 1 N–H and O–H groups in total. The molecule has 0 heterocycles. The first kappa shape index (κ1) is 16.2. The summed E-state index contributed by atoms with van der Waals surface area (Å²) >= 11 is 0. The Morgan fingerprint density at radius 3 is 2.37 bits per heavy atom. The number of likely N-dealkylation sites (N-methyl/N-ethyl adjacent to an activating group) is 1. The van der Waals surface area contributed by atoms with Gasteiger partial charge >= 0.3 is 0 Å². The van der Waals surface area contributed by atoms with Gasteiger partial charge in [0.05, 0.1) is 18.8 Å². The van der Waals surface area contributed by atoms with Crippen molar-refractivity contribution in [2.75, 3.05) is 26.7 Å². The lowest BCUT2D eigenvalue weighted by Gasteiger charge is -2.25. The van der Waals surface area contributed by atoms with Crippen molar-refractivity contribution in [2.24, 2.45) is 5.92 Å². The SMILES string of the molecule is CC(C)OCCN(C)CC(C)C(O)c1ccccc1. The summed E-state index contributed by atoms with van der Waals surface area (Å²) in [4.78, 5) is 2.21. The molecule has 1 rings (SSSR count). The van der Waals surface area contributed by atoms with Gasteiger partial charge in [-0.25, -0.2) is 0 Å². The summed E-state index contributed by atoms with van der Waals surface area (Å²) in [5.74, 6) is 0.200. The van der Waals surface area contributed by atoms with Crippen LogP contribution >= 0.6 is 0 Å². The van der Waals surface area contributed by atoms with E-state index in [1.807, 2.05) is 44.2 Å². The Morgan fingerprint density at radius 1 is 1.16 bits per heavy atom. The van der Waals surface area contributed by atoms with E-state index in [1.54, 1.807) is 0 Å². The van der Waals surface area contributed by atoms with E-state index < -0.39 is 6.10 Å². The molecule has 0 saturated carbocycles. The van der Waals surface area contributed by atoms with Gasteiger partial charge in [-0.15, -0.1) is 0 Å². The first-order chi connectivity index (χ1) is 9.00. The Balaban J connectivity index is 2.35. The van der Waals surface area contributed by atoms with Gasteiger partial charge in [0.15, 0.2) is 0 Å². The second kappa shape index (κ2) is 8.31. The van der Waals surface area contributed by atoms with Crippen LogP contribution in [-0.4, -0.2) is 42.9 Å². The van der Waals surface area contributed by atoms with Gasteiger partial charge in [0.1, 0.15) is 0 Å². The largest absolute Gasteiger partial charge is 0.388 e. The van der Waals surface area contributed by atoms with Crippen LogP contribution in [0.4, 0.5) is 0 Å². The second-order valence-corrected chi connectivity index (χ2v) is 5.51. The number of hydrogen-bond donors (Lipinski definition) is 1. The second-order valence-electron chi connectivity index (χ2n) is 5.51. The maximum Gasteiger partial charge on any atom is 0.0827 e. The molecule has 0 aliphatic rings. The summed E-state index contributed by atoms with van der Waals surface area (Å²) in [6.45, 7) is 8.66. The Labute approximate surface area is 117 Å². The van der Waals surface area contributed by atoms with E-state index in [0.717, 1.165) is 25.3 Å². The minimum absolute atomic E-state index is 0.200. The molecule has 2 atom stereocenters. The number of rotatable bonds is 8. The predicted octanol–water partition coefficient (Wildman–Crippen LogP) is 2.71. The molecule has 0 aliphatic heterocycles. The van der Waals surface area contributed by atoms with E-state index in [4.69, 9.17) is 4.74 Å². The van der Waals surface area contributed by atoms with Crippen molar-refractivity contribution >= 4 is 0 Å². The van der Waals surface area contributed by atoms with Gasteiger partial charge in [-0.2, -0.15) is 0 Å². The van der Waals surface area contributed by atoms with E-state index in [2.05, 4.69) is 18.9 Å². The number of hydrogen-bond acceptors (Lipinski definition) is 3. The van der Waals surface area contributed by atoms with Crippen LogP contribution < -0.4 is 0 Å². The van der Waals surface area contributed by atoms with Gasteiger partial charge in [0.2, 0.25) is 0 Å². The van der Waals surface area contributed by atoms with Crippen molar-refractivity contribution in [3.8, 4) is 0 Å². The first-order valence-electron chi connectivity index (χ1n) is 7.04. The average molecular weight is 265 g/mol. The molecule has 1 aromatic rings. The minimum atomic E-state index is -0.408. The zero-order valence-corrected chi connectivity index (χ0v) is 12.5. The fourth-order valence-electron chi connectivity index (χ4n) is 2.11. The summed E-state index contributed by atoms with van der Waals surface area (Å²) in [5.41, 5.74) is 0.988. The third-order valence-corrected chi connectivity index (χ3v) is 3.20. The third kappa shape index (κ3) is 6.19. The molecule has 3 nitrogen and oxygen atoms in total. The molecule has 19 heavy (non-hydrogen) atoms. The monoisotopic (exact) mass is 265 g/mol. The minimum Gasteiger partial charge on any atom is -0.388 e. The molecule has 0 aliphatic carbocycles. The van der Waals surface area contributed by atoms with Crippen molar-refractivity contribution in [1.29, 1.82) is 0 Å². The zero-order valence-electron chi connectivity index (χ0n) is 12.5. The molecular weight excluding hydrogens is 238 g/mol. The standard InChI is InChI=1S/C16H27NO2/c1-13(2)19-11-10-17(4)12-14(3)16(18)15-8-6-5-7-9-15/h5-9,13-14,16,18H,10-12H2,1-4H3. The summed E-state index contributed by atoms with van der Waals surface area (Å²) in [6.07, 6.45) is -0.129. The summed E-state index contributed by atoms with van der Waals surface area (Å²) in [6, 6.07) is 9.85. The number of benzene rings is 1. The van der Waals surface area contributed by atoms with E-state index in [1.165, 1.54) is 0 Å². The Kier molecular flexibility index (Phi) is 7.06. The zero-order chi connectivity index (χ0) is 14.3. The van der Waals surface area contributed by atoms with E-state index >= 15 is 0 Å². The Hall–Kier alpha value is -0.900. The fourth-order valence-corrected chi connectivity index (χ4v) is 2.11. The molecule has 0 radical (unpaired) electrons. The molecule has 0 saturated heterocycles. The van der Waals surface area contributed by atoms with Crippen molar-refractivity contribution in [2.45, 2.75) is 33.0 Å². The number of ether oxygens (including phenoxy) is 1. The Bertz CT molecular complexity index is 340. The normalized spacial score (nSPS) is 14.9. The quantitative estimate of drug-likeness (QED) is 0.784. The fraction of sp³-hybridized carbons (Fsp3) is 0.625. The molecule has 1 aromatic carbocycles. The van der Waals surface area contributed by atoms with Crippen LogP contribution in [0.15, 0.2) is 30.3 Å². The number of aliphatic hydroxyl groups is 1. The van der Waals surface area contributed by atoms with Gasteiger partial charge in [-0.05, 0) is 32.4 Å². The molecular formula is C16H27NO2. The van der Waals surface area contributed by atoms with Crippen LogP contribution in [0.25, 0.3) is 0 Å². The third-order valence-electron chi connectivity index (χ3n) is 3.20. The van der Waals surface area contributed by atoms with Crippen molar-refractivity contribution < 1.29 is 9.84 Å². The summed E-state index contributed by atoms with van der Waals surface area (Å²) < 4.78 is 5.54. The molecule has 0 spiro atoms. The number of aliphatic hydroxyl groups excluding tert-OH is 1. The molecule has 0 bridgehead atoms. The highest BCUT2D eigenvalue weighted by Gasteiger charge is 2.17. The van der Waals surface area contributed by atoms with Crippen LogP contribution in [0.1, 0.15) is 32.4 Å². The van der Waals surface area contributed by atoms with Gasteiger partial charge in [-0.1, -0.05) is 37.3 Å². The van der Waals surface area contributed by atoms with Crippen molar-refractivity contribution in [1.82, 2.24) is 4.90 Å². The van der Waals surface area contributed by atoms with Crippen LogP contribution in [-0.2, 0) is 4.74 Å². The highest BCUT2D eigenvalue weighted by atomic mass is 16.5. The predicted molar refractivity (Wildman–Crippen MR) is 79.2 cm³/mol. The molecule has 3 heteroatoms. The van der Waals surface area contributed by atoms with Crippen LogP contribution in [0.5, 0.6) is 0 Å². The molecule has 0 amide bonds. The van der Waals surface area contributed by atoms with Crippen molar-refractivity contribution in [3.63, 3.8) is 0 Å². The summed E-state index contributed by atoms with van der Waals surface area (Å²) in [7, 11) is 2.07. The lowest BCUT2D eigenvalue weighted by Crippen LogP contribution is -2.31. The van der Waals surface area contributed by atoms with E-state index in [-0.39, 0.29) is 12.0 Å². The summed E-state index contributed by atoms with van der Waals surface area (Å²) in [5, 5.41) is 10.3. The highest BCUT2D eigenvalue weighted by Crippen LogP contribution is 2.21. The van der Waals surface area contributed by atoms with Crippen LogP contribution in [0, 0.1) is 5.92 Å². The van der Waals surface area contributed by atoms with Crippen molar-refractivity contribution in [3.05, 3.63) is 35.9 Å². The lowest BCUT2D eigenvalue weighted by atomic mass is 9.97. The highest BCUT2D eigenvalue weighted by molar-refractivity contribution is 5.17. The van der Waals surface area contributed by atoms with Gasteiger partial charge in [-0.3, -0.25) is 0 Å². The number of nitrogens with zero attached hydrogens (tertiary/aromatic N) is 1. The van der Waals surface area contributed by atoms with Gasteiger partial charge < -0.3 is 14.7 Å². The topological polar surface area (TPSA) is 32.7 Å². The molecule has 0 fully saturated rings. The van der Waals surface area contributed by atoms with E-state index in [0.29, 0.717) is 0 Å². The molecule has 108 valence electrons. The first-order valence-corrected chi connectivity index (χ1v) is 7.04. The maximum atomic E-state index is 10.3. The maximum absolute atomic E-state index is 10.3. The van der Waals surface area contributed by atoms with Gasteiger partial charge in [0, 0.05) is 13.1 Å². The van der Waals surface area contributed by atoms with Crippen LogP contribution in [0.3, 0.4) is 0 Å².